The standard InChI is InChI=1S/C21H22FN5O2/c1-26-9-11-27(12-10-26)19-21(29-2)25-17-8-7-14(13-18(17)24-19)23-20(28)15-5-3-4-6-16(15)22/h3-8,13H,9-12H2,1-2H3,(H,23,28). The van der Waals surface area contributed by atoms with Crippen molar-refractivity contribution in [1.29, 1.82) is 0 Å². The Hall–Kier alpha value is -3.26. The van der Waals surface area contributed by atoms with Gasteiger partial charge >= 0.3 is 0 Å². The van der Waals surface area contributed by atoms with Crippen LogP contribution in [-0.2, 0) is 0 Å². The highest BCUT2D eigenvalue weighted by atomic mass is 19.1. The summed E-state index contributed by atoms with van der Waals surface area (Å²) < 4.78 is 19.3. The van der Waals surface area contributed by atoms with E-state index < -0.39 is 11.7 Å². The lowest BCUT2D eigenvalue weighted by molar-refractivity contribution is 0.102. The van der Waals surface area contributed by atoms with Crippen LogP contribution in [0, 0.1) is 5.82 Å². The number of anilines is 2. The van der Waals surface area contributed by atoms with E-state index >= 15 is 0 Å². The number of nitrogens with one attached hydrogen (secondary N) is 1. The Morgan fingerprint density at radius 2 is 1.83 bits per heavy atom. The highest BCUT2D eigenvalue weighted by molar-refractivity contribution is 6.05. The van der Waals surface area contributed by atoms with Crippen LogP contribution in [0.25, 0.3) is 11.0 Å². The van der Waals surface area contributed by atoms with Crippen LogP contribution in [0.2, 0.25) is 0 Å². The second-order valence-electron chi connectivity index (χ2n) is 6.98. The topological polar surface area (TPSA) is 70.6 Å². The van der Waals surface area contributed by atoms with E-state index in [-0.39, 0.29) is 5.56 Å². The van der Waals surface area contributed by atoms with E-state index in [9.17, 15) is 9.18 Å². The van der Waals surface area contributed by atoms with Crippen LogP contribution in [0.4, 0.5) is 15.9 Å². The molecule has 150 valence electrons. The van der Waals surface area contributed by atoms with Crippen LogP contribution in [0.5, 0.6) is 5.88 Å². The molecule has 7 nitrogen and oxygen atoms in total. The molecule has 1 amide bonds. The molecule has 1 aliphatic heterocycles. The molecule has 0 spiro atoms. The lowest BCUT2D eigenvalue weighted by Crippen LogP contribution is -2.45. The fraction of sp³-hybridized carbons (Fsp3) is 0.286. The minimum absolute atomic E-state index is 0.00784. The average molecular weight is 395 g/mol. The third kappa shape index (κ3) is 3.97. The van der Waals surface area contributed by atoms with Crippen molar-refractivity contribution in [2.75, 3.05) is 50.6 Å². The van der Waals surface area contributed by atoms with Gasteiger partial charge in [-0.3, -0.25) is 4.79 Å². The molecule has 0 atom stereocenters. The number of hydrogen-bond donors (Lipinski definition) is 1. The lowest BCUT2D eigenvalue weighted by Gasteiger charge is -2.33. The van der Waals surface area contributed by atoms with Crippen LogP contribution in [0.15, 0.2) is 42.5 Å². The average Bonchev–Trinajstić information content (AvgIpc) is 2.73. The van der Waals surface area contributed by atoms with E-state index in [1.165, 1.54) is 12.1 Å². The van der Waals surface area contributed by atoms with Gasteiger partial charge in [0.2, 0.25) is 0 Å². The Kier molecular flexibility index (Phi) is 5.26. The van der Waals surface area contributed by atoms with E-state index in [1.807, 2.05) is 0 Å². The summed E-state index contributed by atoms with van der Waals surface area (Å²) in [5.41, 5.74) is 1.80. The molecule has 1 aliphatic rings. The summed E-state index contributed by atoms with van der Waals surface area (Å²) in [4.78, 5) is 26.1. The third-order valence-electron chi connectivity index (χ3n) is 4.99. The number of carbonyl (C=O) groups is 1. The SMILES string of the molecule is COc1nc2ccc(NC(=O)c3ccccc3F)cc2nc1N1CCN(C)CC1. The van der Waals surface area contributed by atoms with Gasteiger partial charge in [0.1, 0.15) is 5.82 Å². The number of methoxy groups -OCH3 is 1. The van der Waals surface area contributed by atoms with Gasteiger partial charge < -0.3 is 19.9 Å². The Bertz CT molecular complexity index is 1050. The van der Waals surface area contributed by atoms with Crippen molar-refractivity contribution < 1.29 is 13.9 Å². The van der Waals surface area contributed by atoms with Gasteiger partial charge in [-0.15, -0.1) is 0 Å². The van der Waals surface area contributed by atoms with Crippen LogP contribution in [0.1, 0.15) is 10.4 Å². The van der Waals surface area contributed by atoms with Gasteiger partial charge in [-0.2, -0.15) is 0 Å². The normalized spacial score (nSPS) is 14.8. The van der Waals surface area contributed by atoms with Crippen molar-refractivity contribution in [3.63, 3.8) is 0 Å². The summed E-state index contributed by atoms with van der Waals surface area (Å²) in [6.45, 7) is 3.52. The molecular formula is C21H22FN5O2. The smallest absolute Gasteiger partial charge is 0.258 e. The highest BCUT2D eigenvalue weighted by Gasteiger charge is 2.21. The highest BCUT2D eigenvalue weighted by Crippen LogP contribution is 2.29. The number of halogens is 1. The van der Waals surface area contributed by atoms with E-state index in [1.54, 1.807) is 37.4 Å². The van der Waals surface area contributed by atoms with Crippen LogP contribution >= 0.6 is 0 Å². The molecule has 0 radical (unpaired) electrons. The molecule has 1 aromatic heterocycles. The first-order valence-electron chi connectivity index (χ1n) is 9.40. The quantitative estimate of drug-likeness (QED) is 0.733. The Balaban J connectivity index is 1.64. The van der Waals surface area contributed by atoms with Gasteiger partial charge in [0.25, 0.3) is 11.8 Å². The van der Waals surface area contributed by atoms with Gasteiger partial charge in [0, 0.05) is 31.9 Å². The summed E-state index contributed by atoms with van der Waals surface area (Å²) in [6, 6.07) is 11.1. The zero-order valence-electron chi connectivity index (χ0n) is 16.4. The molecule has 1 N–H and O–H groups in total. The van der Waals surface area contributed by atoms with Crippen LogP contribution in [-0.4, -0.2) is 61.1 Å². The Labute approximate surface area is 168 Å². The molecule has 2 aromatic carbocycles. The summed E-state index contributed by atoms with van der Waals surface area (Å²) in [7, 11) is 3.67. The number of likely N-dealkylation sites (N-methyl/N-ethyl adjacent to an activating group) is 1. The lowest BCUT2D eigenvalue weighted by atomic mass is 10.2. The van der Waals surface area contributed by atoms with Crippen LogP contribution < -0.4 is 15.0 Å². The molecule has 8 heteroatoms. The predicted molar refractivity (Wildman–Crippen MR) is 110 cm³/mol. The molecule has 3 aromatic rings. The van der Waals surface area contributed by atoms with Crippen molar-refractivity contribution in [2.45, 2.75) is 0 Å². The number of nitrogens with zero attached hydrogens (tertiary/aromatic N) is 4. The van der Waals surface area contributed by atoms with Gasteiger partial charge in [-0.05, 0) is 37.4 Å². The number of fused-ring (bicyclic) bond motifs is 1. The number of amides is 1. The molecule has 1 saturated heterocycles. The summed E-state index contributed by atoms with van der Waals surface area (Å²) in [6.07, 6.45) is 0. The maximum Gasteiger partial charge on any atom is 0.258 e. The van der Waals surface area contributed by atoms with Crippen molar-refractivity contribution >= 4 is 28.4 Å². The molecule has 0 aliphatic carbocycles. The summed E-state index contributed by atoms with van der Waals surface area (Å²) in [5, 5.41) is 2.73. The van der Waals surface area contributed by atoms with Gasteiger partial charge in [0.15, 0.2) is 5.82 Å². The first-order valence-corrected chi connectivity index (χ1v) is 9.40. The monoisotopic (exact) mass is 395 g/mol. The second kappa shape index (κ2) is 8.00. The molecule has 2 heterocycles. The number of piperazine rings is 1. The summed E-state index contributed by atoms with van der Waals surface area (Å²) >= 11 is 0. The van der Waals surface area contributed by atoms with Crippen molar-refractivity contribution in [3.05, 3.63) is 53.8 Å². The first-order chi connectivity index (χ1) is 14.0. The second-order valence-corrected chi connectivity index (χ2v) is 6.98. The maximum atomic E-state index is 13.9. The number of benzene rings is 2. The van der Waals surface area contributed by atoms with Crippen molar-refractivity contribution in [1.82, 2.24) is 14.9 Å². The molecule has 0 bridgehead atoms. The fourth-order valence-electron chi connectivity index (χ4n) is 3.31. The largest absolute Gasteiger partial charge is 0.478 e. The Morgan fingerprint density at radius 3 is 2.55 bits per heavy atom. The molecular weight excluding hydrogens is 373 g/mol. The fourth-order valence-corrected chi connectivity index (χ4v) is 3.31. The van der Waals surface area contributed by atoms with E-state index in [0.29, 0.717) is 28.4 Å². The minimum atomic E-state index is -0.562. The molecule has 4 rings (SSSR count). The zero-order chi connectivity index (χ0) is 20.4. The van der Waals surface area contributed by atoms with Crippen molar-refractivity contribution in [3.8, 4) is 5.88 Å². The molecule has 1 fully saturated rings. The molecule has 0 unspecified atom stereocenters. The van der Waals surface area contributed by atoms with E-state index in [2.05, 4.69) is 27.1 Å². The maximum absolute atomic E-state index is 13.9. The van der Waals surface area contributed by atoms with Crippen LogP contribution in [0.3, 0.4) is 0 Å². The molecule has 29 heavy (non-hydrogen) atoms. The van der Waals surface area contributed by atoms with Gasteiger partial charge in [0.05, 0.1) is 23.7 Å². The number of carbonyl (C=O) groups excluding carboxylic acids is 1. The van der Waals surface area contributed by atoms with Gasteiger partial charge in [-0.1, -0.05) is 12.1 Å². The number of rotatable bonds is 4. The van der Waals surface area contributed by atoms with E-state index in [4.69, 9.17) is 9.72 Å². The first kappa shape index (κ1) is 19.1. The minimum Gasteiger partial charge on any atom is -0.478 e. The summed E-state index contributed by atoms with van der Waals surface area (Å²) in [5.74, 6) is 0.0896. The predicted octanol–water partition coefficient (Wildman–Crippen LogP) is 2.78. The number of aromatic nitrogens is 2. The molecule has 0 saturated carbocycles. The Morgan fingerprint density at radius 1 is 1.07 bits per heavy atom. The van der Waals surface area contributed by atoms with Crippen molar-refractivity contribution in [2.24, 2.45) is 0 Å². The number of hydrogen-bond acceptors (Lipinski definition) is 6. The number of ether oxygens (including phenoxy) is 1. The zero-order valence-corrected chi connectivity index (χ0v) is 16.4. The van der Waals surface area contributed by atoms with Gasteiger partial charge in [-0.25, -0.2) is 14.4 Å². The van der Waals surface area contributed by atoms with E-state index in [0.717, 1.165) is 26.2 Å². The third-order valence-corrected chi connectivity index (χ3v) is 4.99.